The van der Waals surface area contributed by atoms with Crippen molar-refractivity contribution >= 4 is 18.3 Å². The van der Waals surface area contributed by atoms with Crippen molar-refractivity contribution in [2.45, 2.75) is 6.92 Å². The maximum Gasteiger partial charge on any atom is 0.248 e. The summed E-state index contributed by atoms with van der Waals surface area (Å²) in [5.41, 5.74) is 0.579. The molecule has 0 bridgehead atoms. The molecule has 0 heterocycles. The van der Waals surface area contributed by atoms with Gasteiger partial charge in [0, 0.05) is 19.7 Å². The first-order chi connectivity index (χ1) is 3.55. The van der Waals surface area contributed by atoms with Gasteiger partial charge in [-0.15, -0.1) is 12.4 Å². The highest BCUT2D eigenvalue weighted by Crippen LogP contribution is 1.90. The van der Waals surface area contributed by atoms with E-state index < -0.39 is 0 Å². The average molecular weight is 150 g/mol. The van der Waals surface area contributed by atoms with Gasteiger partial charge < -0.3 is 4.90 Å². The number of hydrogen-bond acceptors (Lipinski definition) is 1. The lowest BCUT2D eigenvalue weighted by Crippen LogP contribution is -2.21. The van der Waals surface area contributed by atoms with Crippen molar-refractivity contribution in [2.24, 2.45) is 0 Å². The smallest absolute Gasteiger partial charge is 0.248 e. The molecule has 0 aromatic carbocycles. The van der Waals surface area contributed by atoms with Crippen LogP contribution in [0.25, 0.3) is 0 Å². The third kappa shape index (κ3) is 4.03. The summed E-state index contributed by atoms with van der Waals surface area (Å²) < 4.78 is 0. The topological polar surface area (TPSA) is 20.3 Å². The van der Waals surface area contributed by atoms with Gasteiger partial charge in [0.15, 0.2) is 0 Å². The summed E-state index contributed by atoms with van der Waals surface area (Å²) in [7, 11) is 3.41. The van der Waals surface area contributed by atoms with Crippen LogP contribution in [0.1, 0.15) is 6.92 Å². The Labute approximate surface area is 61.9 Å². The molecule has 0 aliphatic carbocycles. The van der Waals surface area contributed by atoms with Crippen molar-refractivity contribution in [3.8, 4) is 0 Å². The van der Waals surface area contributed by atoms with E-state index in [1.165, 1.54) is 4.90 Å². The Kier molecular flexibility index (Phi) is 5.51. The van der Waals surface area contributed by atoms with E-state index in [1.807, 2.05) is 0 Å². The number of nitrogens with zero attached hydrogens (tertiary/aromatic N) is 1. The lowest BCUT2D eigenvalue weighted by molar-refractivity contribution is -0.124. The first-order valence-electron chi connectivity index (χ1n) is 2.43. The van der Waals surface area contributed by atoms with Gasteiger partial charge in [-0.1, -0.05) is 6.58 Å². The zero-order chi connectivity index (χ0) is 6.73. The molecule has 0 saturated carbocycles. The number of likely N-dealkylation sites (N-methyl/N-ethyl adjacent to an activating group) is 1. The maximum absolute atomic E-state index is 10.7. The average Bonchev–Trinajstić information content (AvgIpc) is 1.64. The Balaban J connectivity index is 0. The minimum atomic E-state index is -0.00926. The predicted octanol–water partition coefficient (Wildman–Crippen LogP) is 1.07. The van der Waals surface area contributed by atoms with Crippen LogP contribution < -0.4 is 0 Å². The Bertz CT molecular complexity index is 120. The summed E-state index contributed by atoms with van der Waals surface area (Å²) >= 11 is 0. The van der Waals surface area contributed by atoms with Crippen LogP contribution in [0.3, 0.4) is 0 Å². The Morgan fingerprint density at radius 1 is 1.44 bits per heavy atom. The van der Waals surface area contributed by atoms with Crippen LogP contribution in [0.2, 0.25) is 0 Å². The van der Waals surface area contributed by atoms with Crippen molar-refractivity contribution in [2.75, 3.05) is 14.1 Å². The SMILES string of the molecule is C=C(C)C(=O)N(C)C.Cl. The van der Waals surface area contributed by atoms with Crippen LogP contribution in [-0.4, -0.2) is 24.9 Å². The summed E-state index contributed by atoms with van der Waals surface area (Å²) in [6, 6.07) is 0. The number of amides is 1. The zero-order valence-electron chi connectivity index (χ0n) is 5.97. The third-order valence-electron chi connectivity index (χ3n) is 0.771. The Morgan fingerprint density at radius 3 is 1.78 bits per heavy atom. The minimum absolute atomic E-state index is 0. The van der Waals surface area contributed by atoms with Crippen molar-refractivity contribution in [3.05, 3.63) is 12.2 Å². The maximum atomic E-state index is 10.7. The summed E-state index contributed by atoms with van der Waals surface area (Å²) in [6.07, 6.45) is 0. The molecule has 0 aromatic heterocycles. The van der Waals surface area contributed by atoms with E-state index in [0.717, 1.165) is 0 Å². The fourth-order valence-electron chi connectivity index (χ4n) is 0.382. The molecule has 0 saturated heterocycles. The summed E-state index contributed by atoms with van der Waals surface area (Å²) in [5.74, 6) is -0.00926. The van der Waals surface area contributed by atoms with Gasteiger partial charge in [-0.05, 0) is 6.92 Å². The highest BCUT2D eigenvalue weighted by Gasteiger charge is 2.01. The number of rotatable bonds is 1. The number of hydrogen-bond donors (Lipinski definition) is 0. The molecule has 2 nitrogen and oxygen atoms in total. The second-order valence-corrected chi connectivity index (χ2v) is 1.98. The molecule has 0 rings (SSSR count). The van der Waals surface area contributed by atoms with Crippen LogP contribution >= 0.6 is 12.4 Å². The van der Waals surface area contributed by atoms with E-state index in [2.05, 4.69) is 6.58 Å². The fraction of sp³-hybridized carbons (Fsp3) is 0.500. The molecule has 3 heteroatoms. The second kappa shape index (κ2) is 4.39. The molecule has 0 aliphatic heterocycles. The molecule has 9 heavy (non-hydrogen) atoms. The first kappa shape index (κ1) is 11.3. The molecular weight excluding hydrogens is 138 g/mol. The predicted molar refractivity (Wildman–Crippen MR) is 40.8 cm³/mol. The van der Waals surface area contributed by atoms with Gasteiger partial charge in [0.05, 0.1) is 0 Å². The quantitative estimate of drug-likeness (QED) is 0.511. The lowest BCUT2D eigenvalue weighted by atomic mass is 10.3. The van der Waals surface area contributed by atoms with Crippen molar-refractivity contribution in [3.63, 3.8) is 0 Å². The highest BCUT2D eigenvalue weighted by atomic mass is 35.5. The standard InChI is InChI=1S/C6H11NO.ClH/c1-5(2)6(8)7(3)4;/h1H2,2-4H3;1H. The van der Waals surface area contributed by atoms with Gasteiger partial charge in [-0.3, -0.25) is 4.79 Å². The van der Waals surface area contributed by atoms with E-state index in [9.17, 15) is 4.79 Å². The Morgan fingerprint density at radius 2 is 1.78 bits per heavy atom. The molecule has 0 spiro atoms. The molecule has 54 valence electrons. The van der Waals surface area contributed by atoms with E-state index in [4.69, 9.17) is 0 Å². The van der Waals surface area contributed by atoms with Gasteiger partial charge in [0.1, 0.15) is 0 Å². The van der Waals surface area contributed by atoms with Crippen LogP contribution in [-0.2, 0) is 4.79 Å². The third-order valence-corrected chi connectivity index (χ3v) is 0.771. The van der Waals surface area contributed by atoms with Crippen LogP contribution in [0.15, 0.2) is 12.2 Å². The summed E-state index contributed by atoms with van der Waals surface area (Å²) in [6.45, 7) is 5.18. The van der Waals surface area contributed by atoms with Crippen LogP contribution in [0, 0.1) is 0 Å². The molecule has 0 atom stereocenters. The monoisotopic (exact) mass is 149 g/mol. The molecule has 0 aromatic rings. The first-order valence-corrected chi connectivity index (χ1v) is 2.43. The molecule has 0 aliphatic rings. The van der Waals surface area contributed by atoms with Crippen LogP contribution in [0.5, 0.6) is 0 Å². The number of carbonyl (C=O) groups excluding carboxylic acids is 1. The number of carbonyl (C=O) groups is 1. The summed E-state index contributed by atoms with van der Waals surface area (Å²) in [5, 5.41) is 0. The van der Waals surface area contributed by atoms with Gasteiger partial charge >= 0.3 is 0 Å². The molecule has 0 unspecified atom stereocenters. The van der Waals surface area contributed by atoms with Crippen molar-refractivity contribution < 1.29 is 4.79 Å². The van der Waals surface area contributed by atoms with Gasteiger partial charge in [0.25, 0.3) is 0 Å². The largest absolute Gasteiger partial charge is 0.345 e. The van der Waals surface area contributed by atoms with Gasteiger partial charge in [0.2, 0.25) is 5.91 Å². The van der Waals surface area contributed by atoms with E-state index >= 15 is 0 Å². The van der Waals surface area contributed by atoms with Crippen molar-refractivity contribution in [1.29, 1.82) is 0 Å². The molecule has 0 radical (unpaired) electrons. The molecule has 1 amide bonds. The van der Waals surface area contributed by atoms with E-state index in [1.54, 1.807) is 21.0 Å². The fourth-order valence-corrected chi connectivity index (χ4v) is 0.382. The van der Waals surface area contributed by atoms with E-state index in [0.29, 0.717) is 5.57 Å². The Hall–Kier alpha value is -0.500. The second-order valence-electron chi connectivity index (χ2n) is 1.98. The molecule has 0 fully saturated rings. The van der Waals surface area contributed by atoms with Crippen LogP contribution in [0.4, 0.5) is 0 Å². The van der Waals surface area contributed by atoms with Gasteiger partial charge in [-0.25, -0.2) is 0 Å². The van der Waals surface area contributed by atoms with E-state index in [-0.39, 0.29) is 18.3 Å². The summed E-state index contributed by atoms with van der Waals surface area (Å²) in [4.78, 5) is 12.2. The van der Waals surface area contributed by atoms with Gasteiger partial charge in [-0.2, -0.15) is 0 Å². The van der Waals surface area contributed by atoms with Crippen molar-refractivity contribution in [1.82, 2.24) is 4.90 Å². The molecular formula is C6H12ClNO. The normalized spacial score (nSPS) is 7.44. The molecule has 0 N–H and O–H groups in total. The highest BCUT2D eigenvalue weighted by molar-refractivity contribution is 5.91. The lowest BCUT2D eigenvalue weighted by Gasteiger charge is -2.07. The number of halogens is 1. The zero-order valence-corrected chi connectivity index (χ0v) is 6.79. The minimum Gasteiger partial charge on any atom is -0.345 e.